The molecule has 0 aromatic rings. The topological polar surface area (TPSA) is 74.8 Å². The van der Waals surface area contributed by atoms with E-state index < -0.39 is 0 Å². The van der Waals surface area contributed by atoms with Crippen LogP contribution in [-0.4, -0.2) is 51.8 Å². The van der Waals surface area contributed by atoms with Crippen LogP contribution in [0.5, 0.6) is 0 Å². The van der Waals surface area contributed by atoms with E-state index in [1.807, 2.05) is 13.8 Å². The molecular weight excluding hydrogens is 347 g/mol. The maximum Gasteiger partial charge on any atom is 0.241 e. The van der Waals surface area contributed by atoms with E-state index in [-0.39, 0.29) is 36.4 Å². The smallest absolute Gasteiger partial charge is 0.241 e. The Balaban J connectivity index is 0. The van der Waals surface area contributed by atoms with Gasteiger partial charge in [0.25, 0.3) is 0 Å². The first kappa shape index (κ1) is 19.8. The molecule has 0 aliphatic heterocycles. The number of rotatable bonds is 8. The van der Waals surface area contributed by atoms with Crippen molar-refractivity contribution < 1.29 is 9.53 Å². The molecule has 0 unspecified atom stereocenters. The summed E-state index contributed by atoms with van der Waals surface area (Å²) in [6.07, 6.45) is 0.932. The van der Waals surface area contributed by atoms with Gasteiger partial charge in [-0.3, -0.25) is 4.79 Å². The standard InChI is InChI=1S/C11H24N4O2.HI/c1-4-6-13-10(16)9-15-11(12-5-2)14-7-8-17-3;/h4-9H2,1-3H3,(H,13,16)(H2,12,14,15);1H. The second-order valence-corrected chi connectivity index (χ2v) is 3.46. The lowest BCUT2D eigenvalue weighted by molar-refractivity contribution is -0.119. The maximum absolute atomic E-state index is 11.3. The highest BCUT2D eigenvalue weighted by molar-refractivity contribution is 14.0. The van der Waals surface area contributed by atoms with Gasteiger partial charge in [0.05, 0.1) is 6.61 Å². The van der Waals surface area contributed by atoms with Gasteiger partial charge in [-0.25, -0.2) is 4.99 Å². The summed E-state index contributed by atoms with van der Waals surface area (Å²) in [6, 6.07) is 0. The number of amides is 1. The number of nitrogens with zero attached hydrogens (tertiary/aromatic N) is 1. The lowest BCUT2D eigenvalue weighted by Crippen LogP contribution is -2.40. The van der Waals surface area contributed by atoms with Crippen molar-refractivity contribution in [1.29, 1.82) is 0 Å². The Kier molecular flexibility index (Phi) is 15.9. The summed E-state index contributed by atoms with van der Waals surface area (Å²) in [4.78, 5) is 15.5. The predicted molar refractivity (Wildman–Crippen MR) is 84.6 cm³/mol. The highest BCUT2D eigenvalue weighted by atomic mass is 127. The third-order valence-electron chi connectivity index (χ3n) is 1.90. The minimum atomic E-state index is -0.0594. The van der Waals surface area contributed by atoms with Crippen LogP contribution in [-0.2, 0) is 9.53 Å². The maximum atomic E-state index is 11.3. The molecule has 18 heavy (non-hydrogen) atoms. The van der Waals surface area contributed by atoms with E-state index in [2.05, 4.69) is 20.9 Å². The first-order valence-electron chi connectivity index (χ1n) is 6.02. The molecule has 0 aromatic carbocycles. The number of hydrogen-bond donors (Lipinski definition) is 3. The van der Waals surface area contributed by atoms with Crippen LogP contribution in [0.25, 0.3) is 0 Å². The summed E-state index contributed by atoms with van der Waals surface area (Å²) >= 11 is 0. The average Bonchev–Trinajstić information content (AvgIpc) is 2.33. The third kappa shape index (κ3) is 11.9. The quantitative estimate of drug-likeness (QED) is 0.249. The molecule has 0 spiro atoms. The molecular formula is C11H25IN4O2. The molecule has 6 nitrogen and oxygen atoms in total. The minimum Gasteiger partial charge on any atom is -0.383 e. The number of methoxy groups -OCH3 is 1. The fourth-order valence-electron chi connectivity index (χ4n) is 1.08. The molecule has 0 saturated carbocycles. The molecule has 1 amide bonds. The number of carbonyl (C=O) groups is 1. The molecule has 108 valence electrons. The fraction of sp³-hybridized carbons (Fsp3) is 0.818. The first-order chi connectivity index (χ1) is 8.24. The molecule has 0 heterocycles. The Morgan fingerprint density at radius 2 is 1.89 bits per heavy atom. The molecule has 0 rings (SSSR count). The van der Waals surface area contributed by atoms with Crippen LogP contribution in [0.2, 0.25) is 0 Å². The molecule has 0 radical (unpaired) electrons. The van der Waals surface area contributed by atoms with Crippen LogP contribution < -0.4 is 16.0 Å². The summed E-state index contributed by atoms with van der Waals surface area (Å²) in [6.45, 7) is 6.86. The highest BCUT2D eigenvalue weighted by Crippen LogP contribution is 1.77. The van der Waals surface area contributed by atoms with Crippen LogP contribution in [0.4, 0.5) is 0 Å². The Hall–Kier alpha value is -0.570. The van der Waals surface area contributed by atoms with E-state index in [1.165, 1.54) is 0 Å². The van der Waals surface area contributed by atoms with Gasteiger partial charge in [-0.1, -0.05) is 6.92 Å². The van der Waals surface area contributed by atoms with Gasteiger partial charge in [-0.05, 0) is 13.3 Å². The Morgan fingerprint density at radius 3 is 2.44 bits per heavy atom. The van der Waals surface area contributed by atoms with E-state index in [0.29, 0.717) is 25.7 Å². The Bertz CT molecular complexity index is 237. The van der Waals surface area contributed by atoms with Crippen LogP contribution >= 0.6 is 24.0 Å². The van der Waals surface area contributed by atoms with E-state index in [9.17, 15) is 4.79 Å². The third-order valence-corrected chi connectivity index (χ3v) is 1.90. The largest absolute Gasteiger partial charge is 0.383 e. The summed E-state index contributed by atoms with van der Waals surface area (Å²) in [5.74, 6) is 0.576. The highest BCUT2D eigenvalue weighted by Gasteiger charge is 2.00. The van der Waals surface area contributed by atoms with Gasteiger partial charge in [0.2, 0.25) is 5.91 Å². The zero-order chi connectivity index (χ0) is 12.9. The molecule has 0 aliphatic rings. The van der Waals surface area contributed by atoms with Crippen LogP contribution in [0.15, 0.2) is 4.99 Å². The molecule has 0 aliphatic carbocycles. The van der Waals surface area contributed by atoms with Gasteiger partial charge in [-0.15, -0.1) is 24.0 Å². The lowest BCUT2D eigenvalue weighted by atomic mass is 10.4. The van der Waals surface area contributed by atoms with Crippen molar-refractivity contribution in [2.75, 3.05) is 39.9 Å². The van der Waals surface area contributed by atoms with E-state index in [1.54, 1.807) is 7.11 Å². The van der Waals surface area contributed by atoms with Gasteiger partial charge in [0.1, 0.15) is 6.54 Å². The number of hydrogen-bond acceptors (Lipinski definition) is 3. The lowest BCUT2D eigenvalue weighted by Gasteiger charge is -2.10. The zero-order valence-electron chi connectivity index (χ0n) is 11.4. The van der Waals surface area contributed by atoms with Crippen molar-refractivity contribution in [2.45, 2.75) is 20.3 Å². The van der Waals surface area contributed by atoms with Crippen LogP contribution in [0.1, 0.15) is 20.3 Å². The van der Waals surface area contributed by atoms with Crippen molar-refractivity contribution in [2.24, 2.45) is 4.99 Å². The van der Waals surface area contributed by atoms with Crippen molar-refractivity contribution in [3.05, 3.63) is 0 Å². The van der Waals surface area contributed by atoms with Crippen LogP contribution in [0, 0.1) is 0 Å². The zero-order valence-corrected chi connectivity index (χ0v) is 13.7. The molecule has 0 bridgehead atoms. The number of halogens is 1. The van der Waals surface area contributed by atoms with E-state index >= 15 is 0 Å². The Morgan fingerprint density at radius 1 is 1.17 bits per heavy atom. The minimum absolute atomic E-state index is 0. The summed E-state index contributed by atoms with van der Waals surface area (Å²) in [7, 11) is 1.64. The molecule has 3 N–H and O–H groups in total. The number of guanidine groups is 1. The molecule has 0 aromatic heterocycles. The second-order valence-electron chi connectivity index (χ2n) is 3.46. The van der Waals surface area contributed by atoms with Crippen molar-refractivity contribution in [1.82, 2.24) is 16.0 Å². The monoisotopic (exact) mass is 372 g/mol. The van der Waals surface area contributed by atoms with Crippen molar-refractivity contribution in [3.63, 3.8) is 0 Å². The van der Waals surface area contributed by atoms with Crippen LogP contribution in [0.3, 0.4) is 0 Å². The first-order valence-corrected chi connectivity index (χ1v) is 6.02. The fourth-order valence-corrected chi connectivity index (χ4v) is 1.08. The molecule has 0 saturated heterocycles. The van der Waals surface area contributed by atoms with Crippen molar-refractivity contribution in [3.8, 4) is 0 Å². The normalized spacial score (nSPS) is 10.5. The van der Waals surface area contributed by atoms with E-state index in [0.717, 1.165) is 13.0 Å². The second kappa shape index (κ2) is 14.5. The average molecular weight is 372 g/mol. The summed E-state index contributed by atoms with van der Waals surface area (Å²) in [5.41, 5.74) is 0. The number of ether oxygens (including phenoxy) is 1. The molecule has 0 fully saturated rings. The summed E-state index contributed by atoms with van der Waals surface area (Å²) < 4.78 is 4.92. The SMILES string of the molecule is CCCNC(=O)CN=C(NCC)NCCOC.I. The Labute approximate surface area is 126 Å². The number of nitrogens with one attached hydrogen (secondary N) is 3. The predicted octanol–water partition coefficient (Wildman–Crippen LogP) is 0.332. The number of carbonyl (C=O) groups excluding carboxylic acids is 1. The van der Waals surface area contributed by atoms with Gasteiger partial charge in [-0.2, -0.15) is 0 Å². The summed E-state index contributed by atoms with van der Waals surface area (Å²) in [5, 5.41) is 8.89. The van der Waals surface area contributed by atoms with Crippen molar-refractivity contribution >= 4 is 35.8 Å². The molecule has 0 atom stereocenters. The van der Waals surface area contributed by atoms with Gasteiger partial charge in [0, 0.05) is 26.7 Å². The van der Waals surface area contributed by atoms with E-state index in [4.69, 9.17) is 4.74 Å². The van der Waals surface area contributed by atoms with Gasteiger partial charge in [0.15, 0.2) is 5.96 Å². The van der Waals surface area contributed by atoms with Gasteiger partial charge < -0.3 is 20.7 Å². The number of aliphatic imine (C=N–C) groups is 1. The van der Waals surface area contributed by atoms with Gasteiger partial charge >= 0.3 is 0 Å². The molecule has 7 heteroatoms.